The standard InChI is InChI=1S/C13H21BrFN3/c1-13(2,18(3)4)12(17-16)7-9-5-10(14)8-11(15)6-9/h5-6,8,12,17H,7,16H2,1-4H3. The fourth-order valence-corrected chi connectivity index (χ4v) is 2.30. The van der Waals surface area contributed by atoms with Gasteiger partial charge in [0.1, 0.15) is 5.82 Å². The van der Waals surface area contributed by atoms with E-state index in [1.807, 2.05) is 20.2 Å². The van der Waals surface area contributed by atoms with E-state index >= 15 is 0 Å². The summed E-state index contributed by atoms with van der Waals surface area (Å²) in [4.78, 5) is 2.10. The van der Waals surface area contributed by atoms with Gasteiger partial charge in [-0.3, -0.25) is 11.3 Å². The van der Waals surface area contributed by atoms with Crippen LogP contribution in [0.2, 0.25) is 0 Å². The SMILES string of the molecule is CN(C)C(C)(C)C(Cc1cc(F)cc(Br)c1)NN. The van der Waals surface area contributed by atoms with Gasteiger partial charge in [0, 0.05) is 16.1 Å². The van der Waals surface area contributed by atoms with Gasteiger partial charge in [-0.1, -0.05) is 15.9 Å². The molecular formula is C13H21BrFN3. The van der Waals surface area contributed by atoms with Gasteiger partial charge in [-0.05, 0) is 58.1 Å². The number of hydrogen-bond acceptors (Lipinski definition) is 3. The van der Waals surface area contributed by atoms with E-state index in [4.69, 9.17) is 5.84 Å². The highest BCUT2D eigenvalue weighted by Crippen LogP contribution is 2.21. The lowest BCUT2D eigenvalue weighted by atomic mass is 9.88. The summed E-state index contributed by atoms with van der Waals surface area (Å²) in [5, 5.41) is 0. The number of nitrogens with one attached hydrogen (secondary N) is 1. The monoisotopic (exact) mass is 317 g/mol. The zero-order valence-corrected chi connectivity index (χ0v) is 12.9. The number of rotatable bonds is 5. The maximum Gasteiger partial charge on any atom is 0.124 e. The molecule has 0 fully saturated rings. The molecule has 0 radical (unpaired) electrons. The van der Waals surface area contributed by atoms with E-state index in [1.54, 1.807) is 6.07 Å². The van der Waals surface area contributed by atoms with Crippen molar-refractivity contribution in [2.24, 2.45) is 5.84 Å². The van der Waals surface area contributed by atoms with Crippen molar-refractivity contribution >= 4 is 15.9 Å². The van der Waals surface area contributed by atoms with E-state index in [2.05, 4.69) is 40.1 Å². The number of hydrogen-bond donors (Lipinski definition) is 2. The molecule has 102 valence electrons. The maximum atomic E-state index is 13.3. The fourth-order valence-electron chi connectivity index (χ4n) is 1.79. The zero-order valence-electron chi connectivity index (χ0n) is 11.3. The van der Waals surface area contributed by atoms with Crippen LogP contribution in [0.3, 0.4) is 0 Å². The third-order valence-electron chi connectivity index (χ3n) is 3.57. The molecule has 0 aliphatic rings. The molecule has 1 unspecified atom stereocenters. The number of hydrazine groups is 1. The average molecular weight is 318 g/mol. The van der Waals surface area contributed by atoms with Crippen molar-refractivity contribution in [2.45, 2.75) is 31.8 Å². The van der Waals surface area contributed by atoms with Gasteiger partial charge in [-0.25, -0.2) is 4.39 Å². The van der Waals surface area contributed by atoms with Gasteiger partial charge in [0.2, 0.25) is 0 Å². The van der Waals surface area contributed by atoms with Gasteiger partial charge in [0.05, 0.1) is 0 Å². The minimum Gasteiger partial charge on any atom is -0.303 e. The summed E-state index contributed by atoms with van der Waals surface area (Å²) in [7, 11) is 4.01. The topological polar surface area (TPSA) is 41.3 Å². The van der Waals surface area contributed by atoms with E-state index < -0.39 is 0 Å². The van der Waals surface area contributed by atoms with Gasteiger partial charge >= 0.3 is 0 Å². The molecule has 0 aliphatic heterocycles. The second-order valence-corrected chi connectivity index (χ2v) is 6.16. The number of nitrogens with two attached hydrogens (primary N) is 1. The highest BCUT2D eigenvalue weighted by atomic mass is 79.9. The zero-order chi connectivity index (χ0) is 13.9. The first-order chi connectivity index (χ1) is 8.27. The smallest absolute Gasteiger partial charge is 0.124 e. The Kier molecular flexibility index (Phi) is 5.28. The van der Waals surface area contributed by atoms with Gasteiger partial charge in [-0.2, -0.15) is 0 Å². The molecule has 0 bridgehead atoms. The molecule has 0 saturated heterocycles. The Hall–Kier alpha value is -0.490. The van der Waals surface area contributed by atoms with Crippen molar-refractivity contribution in [3.8, 4) is 0 Å². The minimum absolute atomic E-state index is 0.0289. The van der Waals surface area contributed by atoms with Crippen LogP contribution in [0.25, 0.3) is 0 Å². The average Bonchev–Trinajstić information content (AvgIpc) is 2.24. The first kappa shape index (κ1) is 15.6. The lowest BCUT2D eigenvalue weighted by molar-refractivity contribution is 0.137. The quantitative estimate of drug-likeness (QED) is 0.647. The van der Waals surface area contributed by atoms with Crippen molar-refractivity contribution in [3.05, 3.63) is 34.1 Å². The molecule has 3 nitrogen and oxygen atoms in total. The number of likely N-dealkylation sites (N-methyl/N-ethyl adjacent to an activating group) is 1. The van der Waals surface area contributed by atoms with Crippen molar-refractivity contribution in [1.29, 1.82) is 0 Å². The molecule has 0 amide bonds. The molecule has 0 spiro atoms. The lowest BCUT2D eigenvalue weighted by Gasteiger charge is -2.40. The largest absolute Gasteiger partial charge is 0.303 e. The Morgan fingerprint density at radius 3 is 2.44 bits per heavy atom. The number of halogens is 2. The van der Waals surface area contributed by atoms with Crippen LogP contribution in [0.1, 0.15) is 19.4 Å². The molecule has 3 N–H and O–H groups in total. The van der Waals surface area contributed by atoms with Crippen molar-refractivity contribution in [1.82, 2.24) is 10.3 Å². The molecule has 5 heteroatoms. The number of benzene rings is 1. The summed E-state index contributed by atoms with van der Waals surface area (Å²) >= 11 is 3.30. The molecule has 1 rings (SSSR count). The van der Waals surface area contributed by atoms with E-state index in [0.717, 1.165) is 10.0 Å². The Labute approximate surface area is 117 Å². The van der Waals surface area contributed by atoms with Crippen LogP contribution in [0, 0.1) is 5.82 Å². The fraction of sp³-hybridized carbons (Fsp3) is 0.538. The molecule has 0 aromatic heterocycles. The molecular weight excluding hydrogens is 297 g/mol. The van der Waals surface area contributed by atoms with E-state index in [9.17, 15) is 4.39 Å². The van der Waals surface area contributed by atoms with Gasteiger partial charge in [-0.15, -0.1) is 0 Å². The summed E-state index contributed by atoms with van der Waals surface area (Å²) in [5.74, 6) is 5.40. The first-order valence-corrected chi connectivity index (χ1v) is 6.65. The van der Waals surface area contributed by atoms with Crippen LogP contribution < -0.4 is 11.3 Å². The lowest BCUT2D eigenvalue weighted by Crippen LogP contribution is -2.58. The predicted octanol–water partition coefficient (Wildman–Crippen LogP) is 2.30. The normalized spacial score (nSPS) is 14.0. The second kappa shape index (κ2) is 6.10. The molecule has 0 heterocycles. The Balaban J connectivity index is 2.92. The highest BCUT2D eigenvalue weighted by Gasteiger charge is 2.30. The van der Waals surface area contributed by atoms with Crippen molar-refractivity contribution < 1.29 is 4.39 Å². The minimum atomic E-state index is -0.238. The first-order valence-electron chi connectivity index (χ1n) is 5.86. The summed E-state index contributed by atoms with van der Waals surface area (Å²) in [6.45, 7) is 4.21. The predicted molar refractivity (Wildman–Crippen MR) is 76.7 cm³/mol. The molecule has 1 atom stereocenters. The summed E-state index contributed by atoms with van der Waals surface area (Å²) < 4.78 is 14.1. The molecule has 0 aliphatic carbocycles. The van der Waals surface area contributed by atoms with Crippen LogP contribution >= 0.6 is 15.9 Å². The van der Waals surface area contributed by atoms with Gasteiger partial charge in [0.25, 0.3) is 0 Å². The molecule has 1 aromatic rings. The van der Waals surface area contributed by atoms with E-state index in [0.29, 0.717) is 6.42 Å². The van der Waals surface area contributed by atoms with Crippen molar-refractivity contribution in [3.63, 3.8) is 0 Å². The second-order valence-electron chi connectivity index (χ2n) is 5.25. The summed E-state index contributed by atoms with van der Waals surface area (Å²) in [6.07, 6.45) is 0.665. The number of nitrogens with zero attached hydrogens (tertiary/aromatic N) is 1. The maximum absolute atomic E-state index is 13.3. The summed E-state index contributed by atoms with van der Waals surface area (Å²) in [6, 6.07) is 4.94. The Bertz CT molecular complexity index is 387. The third kappa shape index (κ3) is 3.75. The van der Waals surface area contributed by atoms with Crippen LogP contribution in [-0.4, -0.2) is 30.6 Å². The van der Waals surface area contributed by atoms with Gasteiger partial charge < -0.3 is 4.90 Å². The molecule has 18 heavy (non-hydrogen) atoms. The van der Waals surface area contributed by atoms with Gasteiger partial charge in [0.15, 0.2) is 0 Å². The molecule has 0 saturated carbocycles. The van der Waals surface area contributed by atoms with Crippen LogP contribution in [0.5, 0.6) is 0 Å². The Morgan fingerprint density at radius 2 is 2.00 bits per heavy atom. The highest BCUT2D eigenvalue weighted by molar-refractivity contribution is 9.10. The van der Waals surface area contributed by atoms with E-state index in [1.165, 1.54) is 6.07 Å². The van der Waals surface area contributed by atoms with Crippen molar-refractivity contribution in [2.75, 3.05) is 14.1 Å². The van der Waals surface area contributed by atoms with Crippen LogP contribution in [0.4, 0.5) is 4.39 Å². The van der Waals surface area contributed by atoms with Crippen LogP contribution in [0.15, 0.2) is 22.7 Å². The summed E-state index contributed by atoms with van der Waals surface area (Å²) in [5.41, 5.74) is 3.62. The van der Waals surface area contributed by atoms with Crippen LogP contribution in [-0.2, 0) is 6.42 Å². The third-order valence-corrected chi connectivity index (χ3v) is 4.03. The Morgan fingerprint density at radius 1 is 1.39 bits per heavy atom. The van der Waals surface area contributed by atoms with E-state index in [-0.39, 0.29) is 17.4 Å². The molecule has 1 aromatic carbocycles.